The largest absolute Gasteiger partial charge is 0.316 e. The van der Waals surface area contributed by atoms with Gasteiger partial charge >= 0.3 is 0 Å². The molecule has 7 heteroatoms. The van der Waals surface area contributed by atoms with Gasteiger partial charge in [0, 0.05) is 23.5 Å². The van der Waals surface area contributed by atoms with Crippen LogP contribution in [0.25, 0.3) is 27.8 Å². The van der Waals surface area contributed by atoms with E-state index in [2.05, 4.69) is 15.4 Å². The van der Waals surface area contributed by atoms with Gasteiger partial charge in [-0.2, -0.15) is 15.6 Å². The highest BCUT2D eigenvalue weighted by Gasteiger charge is 2.12. The van der Waals surface area contributed by atoms with Crippen LogP contribution in [0.4, 0.5) is 8.78 Å². The van der Waals surface area contributed by atoms with Crippen molar-refractivity contribution in [2.24, 2.45) is 0 Å². The smallest absolute Gasteiger partial charge is 0.190 e. The number of hydrogen-bond acceptors (Lipinski definition) is 3. The van der Waals surface area contributed by atoms with Gasteiger partial charge in [-0.3, -0.25) is 0 Å². The molecule has 0 spiro atoms. The Bertz CT molecular complexity index is 1100. The minimum Gasteiger partial charge on any atom is -0.316 e. The lowest BCUT2D eigenvalue weighted by Gasteiger charge is -2.07. The summed E-state index contributed by atoms with van der Waals surface area (Å²) in [6, 6.07) is 13.1. The maximum absolute atomic E-state index is 13.5. The van der Waals surface area contributed by atoms with E-state index < -0.39 is 11.6 Å². The Kier molecular flexibility index (Phi) is 3.10. The molecule has 0 saturated heterocycles. The van der Waals surface area contributed by atoms with Crippen molar-refractivity contribution in [3.05, 3.63) is 66.0 Å². The van der Waals surface area contributed by atoms with Crippen LogP contribution >= 0.6 is 0 Å². The molecule has 116 valence electrons. The van der Waals surface area contributed by atoms with Crippen molar-refractivity contribution in [3.63, 3.8) is 0 Å². The molecule has 0 aliphatic heterocycles. The molecule has 0 bridgehead atoms. The number of nitrogens with zero attached hydrogens (tertiary/aromatic N) is 4. The van der Waals surface area contributed by atoms with Crippen LogP contribution in [0.3, 0.4) is 0 Å². The van der Waals surface area contributed by atoms with Crippen LogP contribution in [-0.4, -0.2) is 20.0 Å². The van der Waals surface area contributed by atoms with Crippen LogP contribution in [0.2, 0.25) is 0 Å². The van der Waals surface area contributed by atoms with Gasteiger partial charge in [0.15, 0.2) is 17.3 Å². The normalized spacial score (nSPS) is 10.9. The zero-order chi connectivity index (χ0) is 16.7. The molecule has 0 aliphatic rings. The Labute approximate surface area is 134 Å². The lowest BCUT2D eigenvalue weighted by molar-refractivity contribution is 0.508. The van der Waals surface area contributed by atoms with Gasteiger partial charge in [-0.1, -0.05) is 12.1 Å². The highest BCUT2D eigenvalue weighted by Crippen LogP contribution is 2.27. The Morgan fingerprint density at radius 2 is 1.88 bits per heavy atom. The van der Waals surface area contributed by atoms with E-state index in [9.17, 15) is 8.78 Å². The first kappa shape index (κ1) is 14.1. The molecule has 0 saturated carbocycles. The zero-order valence-corrected chi connectivity index (χ0v) is 12.2. The van der Waals surface area contributed by atoms with Crippen molar-refractivity contribution >= 4 is 10.9 Å². The van der Waals surface area contributed by atoms with E-state index in [1.54, 1.807) is 10.8 Å². The molecule has 4 rings (SSSR count). The summed E-state index contributed by atoms with van der Waals surface area (Å²) in [5, 5.41) is 20.2. The van der Waals surface area contributed by atoms with E-state index in [1.165, 1.54) is 6.07 Å². The van der Waals surface area contributed by atoms with Gasteiger partial charge < -0.3 is 4.57 Å². The van der Waals surface area contributed by atoms with E-state index in [1.807, 2.05) is 30.3 Å². The molecule has 0 unspecified atom stereocenters. The van der Waals surface area contributed by atoms with Crippen LogP contribution in [0.15, 0.2) is 48.7 Å². The summed E-state index contributed by atoms with van der Waals surface area (Å²) < 4.78 is 28.4. The van der Waals surface area contributed by atoms with Gasteiger partial charge in [-0.25, -0.2) is 8.78 Å². The molecule has 2 heterocycles. The Morgan fingerprint density at radius 1 is 1.00 bits per heavy atom. The number of aromatic amines is 1. The molecule has 0 radical (unpaired) electrons. The number of benzene rings is 2. The van der Waals surface area contributed by atoms with Crippen LogP contribution < -0.4 is 0 Å². The van der Waals surface area contributed by atoms with Crippen LogP contribution in [0.5, 0.6) is 0 Å². The summed E-state index contributed by atoms with van der Waals surface area (Å²) in [5.74, 6) is -1.80. The van der Waals surface area contributed by atoms with E-state index in [0.717, 1.165) is 23.0 Å². The molecular formula is C17H9F2N5. The number of nitriles is 1. The van der Waals surface area contributed by atoms with Gasteiger partial charge in [0.05, 0.1) is 5.52 Å². The van der Waals surface area contributed by atoms with Crippen molar-refractivity contribution < 1.29 is 8.78 Å². The molecule has 1 N–H and O–H groups in total. The SMILES string of the molecule is N#Cc1n[nH]nc1-c1ccc2ccn(-c3ccc(F)c(F)c3)c2c1. The first-order chi connectivity index (χ1) is 11.7. The summed E-state index contributed by atoms with van der Waals surface area (Å²) in [6.45, 7) is 0. The Hall–Kier alpha value is -3.53. The number of hydrogen-bond donors (Lipinski definition) is 1. The molecule has 24 heavy (non-hydrogen) atoms. The molecular weight excluding hydrogens is 312 g/mol. The van der Waals surface area contributed by atoms with Gasteiger partial charge in [0.25, 0.3) is 0 Å². The summed E-state index contributed by atoms with van der Waals surface area (Å²) in [4.78, 5) is 0. The van der Waals surface area contributed by atoms with Crippen LogP contribution in [-0.2, 0) is 0 Å². The fourth-order valence-corrected chi connectivity index (χ4v) is 2.65. The number of nitrogens with one attached hydrogen (secondary N) is 1. The first-order valence-electron chi connectivity index (χ1n) is 7.05. The van der Waals surface area contributed by atoms with E-state index in [0.29, 0.717) is 16.9 Å². The fraction of sp³-hybridized carbons (Fsp3) is 0. The molecule has 5 nitrogen and oxygen atoms in total. The van der Waals surface area contributed by atoms with Crippen molar-refractivity contribution in [1.29, 1.82) is 5.26 Å². The highest BCUT2D eigenvalue weighted by atomic mass is 19.2. The van der Waals surface area contributed by atoms with Crippen molar-refractivity contribution in [2.75, 3.05) is 0 Å². The van der Waals surface area contributed by atoms with Crippen LogP contribution in [0, 0.1) is 23.0 Å². The quantitative estimate of drug-likeness (QED) is 0.613. The predicted octanol–water partition coefficient (Wildman–Crippen LogP) is 3.57. The molecule has 0 amide bonds. The highest BCUT2D eigenvalue weighted by molar-refractivity contribution is 5.86. The Balaban J connectivity index is 1.91. The summed E-state index contributed by atoms with van der Waals surface area (Å²) in [7, 11) is 0. The lowest BCUT2D eigenvalue weighted by Crippen LogP contribution is -1.95. The lowest BCUT2D eigenvalue weighted by atomic mass is 10.1. The second-order valence-electron chi connectivity index (χ2n) is 5.19. The van der Waals surface area contributed by atoms with Crippen molar-refractivity contribution in [1.82, 2.24) is 20.0 Å². The van der Waals surface area contributed by atoms with E-state index in [4.69, 9.17) is 5.26 Å². The summed E-state index contributed by atoms with van der Waals surface area (Å²) in [5.41, 5.74) is 2.63. The Morgan fingerprint density at radius 3 is 2.67 bits per heavy atom. The third-order valence-electron chi connectivity index (χ3n) is 3.80. The topological polar surface area (TPSA) is 70.3 Å². The molecule has 0 atom stereocenters. The standard InChI is InChI=1S/C17H9F2N5/c18-13-4-3-12(8-14(13)19)24-6-5-10-1-2-11(7-16(10)24)17-15(9-20)21-23-22-17/h1-8H,(H,21,22,23). The maximum Gasteiger partial charge on any atom is 0.190 e. The third kappa shape index (κ3) is 2.13. The number of aromatic nitrogens is 4. The molecule has 2 aromatic heterocycles. The molecule has 0 aliphatic carbocycles. The first-order valence-corrected chi connectivity index (χ1v) is 7.05. The average Bonchev–Trinajstić information content (AvgIpc) is 3.23. The fourth-order valence-electron chi connectivity index (χ4n) is 2.65. The number of H-pyrrole nitrogens is 1. The minimum absolute atomic E-state index is 0.195. The predicted molar refractivity (Wildman–Crippen MR) is 83.3 cm³/mol. The van der Waals surface area contributed by atoms with Crippen molar-refractivity contribution in [3.8, 4) is 23.0 Å². The van der Waals surface area contributed by atoms with Crippen LogP contribution in [0.1, 0.15) is 5.69 Å². The second kappa shape index (κ2) is 5.28. The van der Waals surface area contributed by atoms with Crippen molar-refractivity contribution in [2.45, 2.75) is 0 Å². The molecule has 2 aromatic carbocycles. The van der Waals surface area contributed by atoms with Gasteiger partial charge in [0.2, 0.25) is 0 Å². The van der Waals surface area contributed by atoms with Gasteiger partial charge in [-0.15, -0.1) is 5.10 Å². The summed E-state index contributed by atoms with van der Waals surface area (Å²) in [6.07, 6.45) is 1.77. The van der Waals surface area contributed by atoms with E-state index in [-0.39, 0.29) is 5.69 Å². The minimum atomic E-state index is -0.909. The molecule has 4 aromatic rings. The second-order valence-corrected chi connectivity index (χ2v) is 5.19. The molecule has 0 fully saturated rings. The monoisotopic (exact) mass is 321 g/mol. The van der Waals surface area contributed by atoms with E-state index >= 15 is 0 Å². The zero-order valence-electron chi connectivity index (χ0n) is 12.2. The average molecular weight is 321 g/mol. The van der Waals surface area contributed by atoms with Gasteiger partial charge in [-0.05, 0) is 29.7 Å². The number of halogens is 2. The number of rotatable bonds is 2. The van der Waals surface area contributed by atoms with Gasteiger partial charge in [0.1, 0.15) is 11.8 Å². The maximum atomic E-state index is 13.5. The third-order valence-corrected chi connectivity index (χ3v) is 3.80. The summed E-state index contributed by atoms with van der Waals surface area (Å²) >= 11 is 0. The number of fused-ring (bicyclic) bond motifs is 1.